The van der Waals surface area contributed by atoms with Crippen LogP contribution in [-0.2, 0) is 6.54 Å². The molecule has 0 unspecified atom stereocenters. The molecule has 0 aliphatic rings. The number of alkyl halides is 1. The van der Waals surface area contributed by atoms with Crippen LogP contribution in [0.2, 0.25) is 0 Å². The number of nitrogens with zero attached hydrogens (tertiary/aromatic N) is 2. The summed E-state index contributed by atoms with van der Waals surface area (Å²) >= 11 is 2.25. The van der Waals surface area contributed by atoms with Crippen molar-refractivity contribution in [2.75, 3.05) is 6.67 Å². The van der Waals surface area contributed by atoms with Crippen molar-refractivity contribution in [3.05, 3.63) is 40.2 Å². The zero-order valence-corrected chi connectivity index (χ0v) is 10.2. The van der Waals surface area contributed by atoms with E-state index in [9.17, 15) is 4.39 Å². The first-order chi connectivity index (χ1) is 7.31. The molecule has 0 N–H and O–H groups in total. The third-order valence-corrected chi connectivity index (χ3v) is 2.86. The van der Waals surface area contributed by atoms with Gasteiger partial charge in [-0.05, 0) is 34.7 Å². The van der Waals surface area contributed by atoms with Crippen molar-refractivity contribution in [1.82, 2.24) is 9.55 Å². The van der Waals surface area contributed by atoms with E-state index in [2.05, 4.69) is 27.6 Å². The molecule has 1 heterocycles. The van der Waals surface area contributed by atoms with E-state index in [0.717, 1.165) is 11.4 Å². The third kappa shape index (κ3) is 2.37. The predicted octanol–water partition coefficient (Wildman–Crippen LogP) is 3.12. The number of aromatic nitrogens is 2. The smallest absolute Gasteiger partial charge is 0.139 e. The molecule has 1 aromatic carbocycles. The quantitative estimate of drug-likeness (QED) is 0.796. The summed E-state index contributed by atoms with van der Waals surface area (Å²) < 4.78 is 15.3. The molecule has 15 heavy (non-hydrogen) atoms. The topological polar surface area (TPSA) is 17.8 Å². The molecule has 0 saturated heterocycles. The number of imidazole rings is 1. The average Bonchev–Trinajstić information content (AvgIpc) is 2.68. The highest BCUT2D eigenvalue weighted by Gasteiger charge is 2.04. The van der Waals surface area contributed by atoms with Crippen LogP contribution in [0.4, 0.5) is 4.39 Å². The van der Waals surface area contributed by atoms with Crippen LogP contribution in [0.5, 0.6) is 0 Å². The highest BCUT2D eigenvalue weighted by molar-refractivity contribution is 14.1. The summed E-state index contributed by atoms with van der Waals surface area (Å²) in [7, 11) is 0. The van der Waals surface area contributed by atoms with Gasteiger partial charge in [-0.1, -0.05) is 12.1 Å². The Morgan fingerprint density at radius 2 is 2.00 bits per heavy atom. The van der Waals surface area contributed by atoms with Crippen LogP contribution in [0.25, 0.3) is 11.4 Å². The first-order valence-electron chi connectivity index (χ1n) is 4.64. The largest absolute Gasteiger partial charge is 0.328 e. The van der Waals surface area contributed by atoms with Gasteiger partial charge in [0, 0.05) is 21.5 Å². The van der Waals surface area contributed by atoms with E-state index in [1.165, 1.54) is 3.57 Å². The first kappa shape index (κ1) is 10.6. The van der Waals surface area contributed by atoms with Crippen LogP contribution in [-0.4, -0.2) is 16.2 Å². The zero-order chi connectivity index (χ0) is 10.7. The number of hydrogen-bond donors (Lipinski definition) is 0. The summed E-state index contributed by atoms with van der Waals surface area (Å²) in [6, 6.07) is 8.03. The molecular formula is C11H10FIN2. The Hall–Kier alpha value is -0.910. The average molecular weight is 316 g/mol. The van der Waals surface area contributed by atoms with Crippen LogP contribution in [0.1, 0.15) is 0 Å². The summed E-state index contributed by atoms with van der Waals surface area (Å²) in [6.45, 7) is -0.00491. The van der Waals surface area contributed by atoms with Gasteiger partial charge in [-0.3, -0.25) is 0 Å². The van der Waals surface area contributed by atoms with Gasteiger partial charge in [0.15, 0.2) is 0 Å². The molecule has 2 aromatic rings. The Morgan fingerprint density at radius 1 is 1.27 bits per heavy atom. The second kappa shape index (κ2) is 4.74. The van der Waals surface area contributed by atoms with Gasteiger partial charge in [-0.2, -0.15) is 0 Å². The molecule has 0 bridgehead atoms. The normalized spacial score (nSPS) is 10.5. The predicted molar refractivity (Wildman–Crippen MR) is 66.4 cm³/mol. The third-order valence-electron chi connectivity index (χ3n) is 2.14. The highest BCUT2D eigenvalue weighted by Crippen LogP contribution is 2.18. The maximum Gasteiger partial charge on any atom is 0.139 e. The van der Waals surface area contributed by atoms with Crippen molar-refractivity contribution in [2.45, 2.75) is 6.54 Å². The van der Waals surface area contributed by atoms with Crippen LogP contribution < -0.4 is 0 Å². The fourth-order valence-corrected chi connectivity index (χ4v) is 1.80. The molecule has 0 atom stereocenters. The van der Waals surface area contributed by atoms with Gasteiger partial charge >= 0.3 is 0 Å². The van der Waals surface area contributed by atoms with Crippen molar-refractivity contribution >= 4 is 22.6 Å². The van der Waals surface area contributed by atoms with Gasteiger partial charge in [0.25, 0.3) is 0 Å². The van der Waals surface area contributed by atoms with Crippen LogP contribution >= 0.6 is 22.6 Å². The van der Waals surface area contributed by atoms with E-state index in [1.54, 1.807) is 12.4 Å². The monoisotopic (exact) mass is 316 g/mol. The number of halogens is 2. The lowest BCUT2D eigenvalue weighted by Crippen LogP contribution is -2.00. The zero-order valence-electron chi connectivity index (χ0n) is 8.03. The Kier molecular flexibility index (Phi) is 3.35. The lowest BCUT2D eigenvalue weighted by Gasteiger charge is -2.05. The Balaban J connectivity index is 2.36. The Bertz CT molecular complexity index is 436. The van der Waals surface area contributed by atoms with Gasteiger partial charge in [0.1, 0.15) is 12.5 Å². The lowest BCUT2D eigenvalue weighted by atomic mass is 10.2. The molecular weight excluding hydrogens is 306 g/mol. The fraction of sp³-hybridized carbons (Fsp3) is 0.182. The molecule has 0 fully saturated rings. The van der Waals surface area contributed by atoms with Gasteiger partial charge in [-0.15, -0.1) is 0 Å². The summed E-state index contributed by atoms with van der Waals surface area (Å²) in [6.07, 6.45) is 3.50. The SMILES string of the molecule is FCCn1ccnc1-c1ccc(I)cc1. The van der Waals surface area contributed by atoms with Crippen LogP contribution in [0.3, 0.4) is 0 Å². The van der Waals surface area contributed by atoms with E-state index in [0.29, 0.717) is 6.54 Å². The summed E-state index contributed by atoms with van der Waals surface area (Å²) in [5.41, 5.74) is 1.02. The molecule has 0 saturated carbocycles. The highest BCUT2D eigenvalue weighted by atomic mass is 127. The van der Waals surface area contributed by atoms with Crippen molar-refractivity contribution in [1.29, 1.82) is 0 Å². The molecule has 0 amide bonds. The van der Waals surface area contributed by atoms with Crippen LogP contribution in [0.15, 0.2) is 36.7 Å². The van der Waals surface area contributed by atoms with E-state index in [4.69, 9.17) is 0 Å². The minimum absolute atomic E-state index is 0.362. The Labute approximate surface area is 101 Å². The Morgan fingerprint density at radius 3 is 2.67 bits per heavy atom. The van der Waals surface area contributed by atoms with Gasteiger partial charge in [0.2, 0.25) is 0 Å². The van der Waals surface area contributed by atoms with Crippen molar-refractivity contribution in [3.8, 4) is 11.4 Å². The second-order valence-corrected chi connectivity index (χ2v) is 4.39. The molecule has 0 aliphatic carbocycles. The van der Waals surface area contributed by atoms with E-state index < -0.39 is 0 Å². The number of aryl methyl sites for hydroxylation is 1. The standard InChI is InChI=1S/C11H10FIN2/c12-5-7-15-8-6-14-11(15)9-1-3-10(13)4-2-9/h1-4,6,8H,5,7H2. The molecule has 0 spiro atoms. The van der Waals surface area contributed by atoms with Crippen LogP contribution in [0, 0.1) is 3.57 Å². The molecule has 2 nitrogen and oxygen atoms in total. The molecule has 1 aromatic heterocycles. The second-order valence-electron chi connectivity index (χ2n) is 3.14. The van der Waals surface area contributed by atoms with E-state index in [1.807, 2.05) is 28.8 Å². The van der Waals surface area contributed by atoms with Gasteiger partial charge in [0.05, 0.1) is 6.54 Å². The lowest BCUT2D eigenvalue weighted by molar-refractivity contribution is 0.447. The number of rotatable bonds is 3. The summed E-state index contributed by atoms with van der Waals surface area (Å²) in [4.78, 5) is 4.23. The molecule has 78 valence electrons. The van der Waals surface area contributed by atoms with E-state index >= 15 is 0 Å². The summed E-state index contributed by atoms with van der Waals surface area (Å²) in [5, 5.41) is 0. The summed E-state index contributed by atoms with van der Waals surface area (Å²) in [5.74, 6) is 0.823. The molecule has 0 aliphatic heterocycles. The number of benzene rings is 1. The molecule has 4 heteroatoms. The van der Waals surface area contributed by atoms with Gasteiger partial charge in [-0.25, -0.2) is 9.37 Å². The maximum atomic E-state index is 12.3. The minimum Gasteiger partial charge on any atom is -0.328 e. The molecule has 2 rings (SSSR count). The fourth-order valence-electron chi connectivity index (χ4n) is 1.44. The van der Waals surface area contributed by atoms with E-state index in [-0.39, 0.29) is 6.67 Å². The van der Waals surface area contributed by atoms with Gasteiger partial charge < -0.3 is 4.57 Å². The molecule has 0 radical (unpaired) electrons. The maximum absolute atomic E-state index is 12.3. The first-order valence-corrected chi connectivity index (χ1v) is 5.72. The van der Waals surface area contributed by atoms with Crippen molar-refractivity contribution < 1.29 is 4.39 Å². The number of hydrogen-bond acceptors (Lipinski definition) is 1. The minimum atomic E-state index is -0.367. The van der Waals surface area contributed by atoms with Crippen molar-refractivity contribution in [3.63, 3.8) is 0 Å². The van der Waals surface area contributed by atoms with Crippen molar-refractivity contribution in [2.24, 2.45) is 0 Å².